The Morgan fingerprint density at radius 3 is 2.73 bits per heavy atom. The van der Waals surface area contributed by atoms with E-state index in [2.05, 4.69) is 15.4 Å². The van der Waals surface area contributed by atoms with Crippen LogP contribution in [0.4, 0.5) is 19.0 Å². The maximum absolute atomic E-state index is 12.9. The van der Waals surface area contributed by atoms with E-state index in [4.69, 9.17) is 9.47 Å². The minimum atomic E-state index is -4.53. The summed E-state index contributed by atoms with van der Waals surface area (Å²) in [5.41, 5.74) is 1.12. The Kier molecular flexibility index (Phi) is 5.05. The molecule has 0 radical (unpaired) electrons. The van der Waals surface area contributed by atoms with Crippen molar-refractivity contribution in [1.29, 1.82) is 0 Å². The molecule has 33 heavy (non-hydrogen) atoms. The number of amides is 1. The molecule has 0 spiro atoms. The first-order valence-electron chi connectivity index (χ1n) is 9.66. The van der Waals surface area contributed by atoms with E-state index in [-0.39, 0.29) is 12.4 Å². The Balaban J connectivity index is 1.36. The molecule has 0 unspecified atom stereocenters. The molecule has 5 rings (SSSR count). The Morgan fingerprint density at radius 2 is 1.91 bits per heavy atom. The minimum absolute atomic E-state index is 0.105. The summed E-state index contributed by atoms with van der Waals surface area (Å²) in [5, 5.41) is 9.48. The fraction of sp³-hybridized carbons (Fsp3) is 0.136. The van der Waals surface area contributed by atoms with Gasteiger partial charge in [0.2, 0.25) is 6.79 Å². The van der Waals surface area contributed by atoms with Crippen LogP contribution in [0.1, 0.15) is 15.9 Å². The quantitative estimate of drug-likeness (QED) is 0.441. The van der Waals surface area contributed by atoms with Crippen molar-refractivity contribution in [2.75, 3.05) is 12.1 Å². The van der Waals surface area contributed by atoms with E-state index in [1.165, 1.54) is 28.2 Å². The van der Waals surface area contributed by atoms with Crippen molar-refractivity contribution in [2.45, 2.75) is 6.18 Å². The van der Waals surface area contributed by atoms with Gasteiger partial charge in [-0.1, -0.05) is 6.07 Å². The average molecular weight is 472 g/mol. The van der Waals surface area contributed by atoms with Crippen LogP contribution in [0.5, 0.6) is 11.5 Å². The molecule has 1 aliphatic heterocycles. The standard InChI is InChI=1S/C22H15F3N4O3S/c1-29-19(27-20(30)13-3-2-4-14(7-13)22(23,24)25)9-15(28-29)21-26-16(10-33-21)12-5-6-17-18(8-12)32-11-31-17/h2-10H,11H2,1H3,(H,27,30). The first kappa shape index (κ1) is 21.0. The summed E-state index contributed by atoms with van der Waals surface area (Å²) in [4.78, 5) is 17.1. The largest absolute Gasteiger partial charge is 0.454 e. The lowest BCUT2D eigenvalue weighted by molar-refractivity contribution is -0.137. The molecule has 4 aromatic rings. The summed E-state index contributed by atoms with van der Waals surface area (Å²) in [6, 6.07) is 11.4. The van der Waals surface area contributed by atoms with E-state index in [9.17, 15) is 18.0 Å². The highest BCUT2D eigenvalue weighted by Crippen LogP contribution is 2.37. The van der Waals surface area contributed by atoms with Crippen LogP contribution >= 0.6 is 11.3 Å². The van der Waals surface area contributed by atoms with Gasteiger partial charge < -0.3 is 14.8 Å². The molecule has 1 aliphatic rings. The molecule has 7 nitrogen and oxygen atoms in total. The van der Waals surface area contributed by atoms with Crippen molar-refractivity contribution in [3.8, 4) is 33.5 Å². The van der Waals surface area contributed by atoms with Crippen LogP contribution in [-0.4, -0.2) is 27.5 Å². The third-order valence-corrected chi connectivity index (χ3v) is 5.83. The van der Waals surface area contributed by atoms with Gasteiger partial charge in [0, 0.05) is 29.6 Å². The minimum Gasteiger partial charge on any atom is -0.454 e. The molecule has 1 amide bonds. The number of fused-ring (bicyclic) bond motifs is 1. The Hall–Kier alpha value is -3.86. The average Bonchev–Trinajstić information content (AvgIpc) is 3.52. The van der Waals surface area contributed by atoms with Crippen LogP contribution in [0.2, 0.25) is 0 Å². The van der Waals surface area contributed by atoms with Gasteiger partial charge in [-0.25, -0.2) is 4.98 Å². The number of carbonyl (C=O) groups excluding carboxylic acids is 1. The number of alkyl halides is 3. The van der Waals surface area contributed by atoms with Crippen LogP contribution < -0.4 is 14.8 Å². The molecule has 0 saturated heterocycles. The van der Waals surface area contributed by atoms with Gasteiger partial charge in [0.25, 0.3) is 5.91 Å². The highest BCUT2D eigenvalue weighted by molar-refractivity contribution is 7.13. The summed E-state index contributed by atoms with van der Waals surface area (Å²) >= 11 is 1.38. The second-order valence-electron chi connectivity index (χ2n) is 7.18. The summed E-state index contributed by atoms with van der Waals surface area (Å²) in [7, 11) is 1.62. The number of rotatable bonds is 4. The molecule has 168 valence electrons. The number of thiazole rings is 1. The number of halogens is 3. The summed E-state index contributed by atoms with van der Waals surface area (Å²) in [5.74, 6) is 0.989. The van der Waals surface area contributed by atoms with E-state index in [1.807, 2.05) is 23.6 Å². The predicted octanol–water partition coefficient (Wildman–Crippen LogP) is 5.21. The zero-order chi connectivity index (χ0) is 23.2. The van der Waals surface area contributed by atoms with Crippen molar-refractivity contribution in [1.82, 2.24) is 14.8 Å². The van der Waals surface area contributed by atoms with E-state index < -0.39 is 17.6 Å². The Morgan fingerprint density at radius 1 is 1.09 bits per heavy atom. The number of anilines is 1. The van der Waals surface area contributed by atoms with Gasteiger partial charge in [0.05, 0.1) is 11.3 Å². The van der Waals surface area contributed by atoms with Gasteiger partial charge in [-0.05, 0) is 36.4 Å². The van der Waals surface area contributed by atoms with Gasteiger partial charge >= 0.3 is 6.18 Å². The van der Waals surface area contributed by atoms with E-state index in [0.29, 0.717) is 28.0 Å². The molecule has 3 heterocycles. The molecule has 2 aromatic carbocycles. The van der Waals surface area contributed by atoms with Crippen molar-refractivity contribution >= 4 is 23.1 Å². The Labute approximate surface area is 189 Å². The molecule has 1 N–H and O–H groups in total. The number of ether oxygens (including phenoxy) is 2. The maximum Gasteiger partial charge on any atom is 0.416 e. The SMILES string of the molecule is Cn1nc(-c2nc(-c3ccc4c(c3)OCO4)cs2)cc1NC(=O)c1cccc(C(F)(F)F)c1. The molecule has 0 fully saturated rings. The van der Waals surface area contributed by atoms with Gasteiger partial charge in [0.15, 0.2) is 11.5 Å². The van der Waals surface area contributed by atoms with Crippen molar-refractivity contribution in [2.24, 2.45) is 7.05 Å². The van der Waals surface area contributed by atoms with Crippen LogP contribution in [0.25, 0.3) is 22.0 Å². The molecule has 0 bridgehead atoms. The third kappa shape index (κ3) is 4.14. The molecule has 0 atom stereocenters. The molecular weight excluding hydrogens is 457 g/mol. The molecule has 11 heteroatoms. The zero-order valence-electron chi connectivity index (χ0n) is 17.0. The topological polar surface area (TPSA) is 78.3 Å². The highest BCUT2D eigenvalue weighted by atomic mass is 32.1. The van der Waals surface area contributed by atoms with Gasteiger partial charge in [-0.2, -0.15) is 18.3 Å². The predicted molar refractivity (Wildman–Crippen MR) is 115 cm³/mol. The van der Waals surface area contributed by atoms with Gasteiger partial charge in [-0.3, -0.25) is 9.48 Å². The summed E-state index contributed by atoms with van der Waals surface area (Å²) < 4.78 is 51.0. The normalized spacial score (nSPS) is 12.7. The molecular formula is C22H15F3N4O3S. The first-order chi connectivity index (χ1) is 15.8. The monoisotopic (exact) mass is 472 g/mol. The summed E-state index contributed by atoms with van der Waals surface area (Å²) in [6.45, 7) is 0.185. The number of nitrogens with one attached hydrogen (secondary N) is 1. The second kappa shape index (κ2) is 7.93. The number of carbonyl (C=O) groups is 1. The number of hydrogen-bond donors (Lipinski definition) is 1. The smallest absolute Gasteiger partial charge is 0.416 e. The second-order valence-corrected chi connectivity index (χ2v) is 8.04. The highest BCUT2D eigenvalue weighted by Gasteiger charge is 2.31. The molecule has 0 saturated carbocycles. The lowest BCUT2D eigenvalue weighted by atomic mass is 10.1. The first-order valence-corrected chi connectivity index (χ1v) is 10.5. The van der Waals surface area contributed by atoms with E-state index in [1.54, 1.807) is 13.1 Å². The maximum atomic E-state index is 12.9. The number of aryl methyl sites for hydroxylation is 1. The number of benzene rings is 2. The number of hydrogen-bond acceptors (Lipinski definition) is 6. The van der Waals surface area contributed by atoms with Gasteiger partial charge in [-0.15, -0.1) is 11.3 Å². The number of nitrogens with zero attached hydrogens (tertiary/aromatic N) is 3. The van der Waals surface area contributed by atoms with Crippen LogP contribution in [0.15, 0.2) is 53.9 Å². The van der Waals surface area contributed by atoms with Gasteiger partial charge in [0.1, 0.15) is 16.5 Å². The zero-order valence-corrected chi connectivity index (χ0v) is 17.8. The van der Waals surface area contributed by atoms with Crippen molar-refractivity contribution < 1.29 is 27.4 Å². The van der Waals surface area contributed by atoms with Crippen LogP contribution in [0, 0.1) is 0 Å². The van der Waals surface area contributed by atoms with E-state index in [0.717, 1.165) is 23.4 Å². The number of aromatic nitrogens is 3. The fourth-order valence-corrected chi connectivity index (χ4v) is 4.08. The van der Waals surface area contributed by atoms with E-state index >= 15 is 0 Å². The lowest BCUT2D eigenvalue weighted by Gasteiger charge is -2.09. The third-order valence-electron chi connectivity index (χ3n) is 4.97. The van der Waals surface area contributed by atoms with Crippen molar-refractivity contribution in [3.05, 3.63) is 65.0 Å². The molecule has 2 aromatic heterocycles. The van der Waals surface area contributed by atoms with Crippen molar-refractivity contribution in [3.63, 3.8) is 0 Å². The lowest BCUT2D eigenvalue weighted by Crippen LogP contribution is -2.15. The molecule has 0 aliphatic carbocycles. The van der Waals surface area contributed by atoms with Crippen LogP contribution in [-0.2, 0) is 13.2 Å². The summed E-state index contributed by atoms with van der Waals surface area (Å²) in [6.07, 6.45) is -4.53. The van der Waals surface area contributed by atoms with Crippen LogP contribution in [0.3, 0.4) is 0 Å². The Bertz CT molecular complexity index is 1360. The fourth-order valence-electron chi connectivity index (χ4n) is 3.29.